The molecule has 2 heterocycles. The molecule has 0 saturated heterocycles. The highest BCUT2D eigenvalue weighted by Crippen LogP contribution is 2.40. The van der Waals surface area contributed by atoms with Crippen LogP contribution >= 0.6 is 11.6 Å². The van der Waals surface area contributed by atoms with E-state index < -0.39 is 16.7 Å². The van der Waals surface area contributed by atoms with E-state index in [1.165, 1.54) is 12.1 Å². The van der Waals surface area contributed by atoms with Gasteiger partial charge in [0, 0.05) is 30.6 Å². The number of nitrogens with zero attached hydrogens (tertiary/aromatic N) is 3. The molecule has 0 N–H and O–H groups in total. The van der Waals surface area contributed by atoms with Crippen molar-refractivity contribution < 1.29 is 18.1 Å². The lowest BCUT2D eigenvalue weighted by atomic mass is 10.1. The molecule has 3 rings (SSSR count). The lowest BCUT2D eigenvalue weighted by molar-refractivity contribution is -0.384. The first-order valence-corrected chi connectivity index (χ1v) is 6.93. The fourth-order valence-electron chi connectivity index (χ4n) is 2.51. The number of non-ortho nitro benzene ring substituents is 1. The standard InChI is InChI=1S/C14H9ClF3N3O2/c15-11-6-9(14(16,17)18)7-19-13(11)20-4-3-8-5-10(21(22)23)1-2-12(8)20/h1-2,5-7H,3-4H2. The van der Waals surface area contributed by atoms with Crippen LogP contribution in [0, 0.1) is 10.1 Å². The first-order valence-electron chi connectivity index (χ1n) is 6.55. The Morgan fingerprint density at radius 3 is 2.65 bits per heavy atom. The van der Waals surface area contributed by atoms with Crippen LogP contribution in [0.25, 0.3) is 0 Å². The van der Waals surface area contributed by atoms with E-state index in [0.717, 1.165) is 17.8 Å². The van der Waals surface area contributed by atoms with Crippen LogP contribution in [0.15, 0.2) is 30.5 Å². The number of halogens is 4. The third kappa shape index (κ3) is 2.81. The van der Waals surface area contributed by atoms with Crippen LogP contribution < -0.4 is 4.90 Å². The summed E-state index contributed by atoms with van der Waals surface area (Å²) in [5.41, 5.74) is 0.438. The average Bonchev–Trinajstić information content (AvgIpc) is 2.89. The van der Waals surface area contributed by atoms with Gasteiger partial charge in [-0.3, -0.25) is 10.1 Å². The van der Waals surface area contributed by atoms with E-state index in [4.69, 9.17) is 11.6 Å². The second kappa shape index (κ2) is 5.38. The number of pyridine rings is 1. The van der Waals surface area contributed by atoms with Crippen molar-refractivity contribution in [1.82, 2.24) is 4.98 Å². The van der Waals surface area contributed by atoms with Crippen molar-refractivity contribution in [2.75, 3.05) is 11.4 Å². The third-order valence-corrected chi connectivity index (χ3v) is 3.85. The lowest BCUT2D eigenvalue weighted by Gasteiger charge is -2.20. The monoisotopic (exact) mass is 343 g/mol. The molecule has 0 atom stereocenters. The number of hydrogen-bond acceptors (Lipinski definition) is 4. The zero-order valence-electron chi connectivity index (χ0n) is 11.5. The molecule has 1 aromatic heterocycles. The van der Waals surface area contributed by atoms with Gasteiger partial charge in [-0.2, -0.15) is 13.2 Å². The van der Waals surface area contributed by atoms with Gasteiger partial charge in [0.05, 0.1) is 15.5 Å². The van der Waals surface area contributed by atoms with Gasteiger partial charge in [0.1, 0.15) is 0 Å². The predicted molar refractivity (Wildman–Crippen MR) is 78.1 cm³/mol. The highest BCUT2D eigenvalue weighted by Gasteiger charge is 2.33. The van der Waals surface area contributed by atoms with Crippen molar-refractivity contribution in [2.24, 2.45) is 0 Å². The molecule has 120 valence electrons. The Balaban J connectivity index is 1.98. The quantitative estimate of drug-likeness (QED) is 0.600. The van der Waals surface area contributed by atoms with Gasteiger partial charge < -0.3 is 4.90 Å². The molecular formula is C14H9ClF3N3O2. The Kier molecular flexibility index (Phi) is 3.63. The fourth-order valence-corrected chi connectivity index (χ4v) is 2.77. The highest BCUT2D eigenvalue weighted by atomic mass is 35.5. The zero-order valence-corrected chi connectivity index (χ0v) is 12.2. The Hall–Kier alpha value is -2.35. The van der Waals surface area contributed by atoms with Crippen LogP contribution in [0.2, 0.25) is 5.02 Å². The van der Waals surface area contributed by atoms with Crippen molar-refractivity contribution in [1.29, 1.82) is 0 Å². The molecule has 0 amide bonds. The molecule has 0 fully saturated rings. The predicted octanol–water partition coefficient (Wildman–Crippen LogP) is 4.36. The Bertz CT molecular complexity index is 795. The smallest absolute Gasteiger partial charge is 0.325 e. The van der Waals surface area contributed by atoms with Gasteiger partial charge in [-0.25, -0.2) is 4.98 Å². The van der Waals surface area contributed by atoms with E-state index >= 15 is 0 Å². The third-order valence-electron chi connectivity index (χ3n) is 3.57. The van der Waals surface area contributed by atoms with Crippen LogP contribution in [-0.4, -0.2) is 16.5 Å². The van der Waals surface area contributed by atoms with Crippen molar-refractivity contribution in [3.8, 4) is 0 Å². The minimum atomic E-state index is -4.52. The maximum atomic E-state index is 12.7. The average molecular weight is 344 g/mol. The van der Waals surface area contributed by atoms with Crippen LogP contribution in [0.1, 0.15) is 11.1 Å². The van der Waals surface area contributed by atoms with Crippen LogP contribution in [0.4, 0.5) is 30.4 Å². The second-order valence-electron chi connectivity index (χ2n) is 5.00. The van der Waals surface area contributed by atoms with Gasteiger partial charge in [0.25, 0.3) is 5.69 Å². The van der Waals surface area contributed by atoms with E-state index in [1.54, 1.807) is 11.0 Å². The number of aromatic nitrogens is 1. The Morgan fingerprint density at radius 1 is 1.30 bits per heavy atom. The van der Waals surface area contributed by atoms with Crippen LogP contribution in [0.5, 0.6) is 0 Å². The number of hydrogen-bond donors (Lipinski definition) is 0. The van der Waals surface area contributed by atoms with Gasteiger partial charge >= 0.3 is 6.18 Å². The molecular weight excluding hydrogens is 335 g/mol. The van der Waals surface area contributed by atoms with Gasteiger partial charge in [0.2, 0.25) is 0 Å². The number of benzene rings is 1. The van der Waals surface area contributed by atoms with Crippen molar-refractivity contribution >= 4 is 28.8 Å². The SMILES string of the molecule is O=[N+]([O-])c1ccc2c(c1)CCN2c1ncc(C(F)(F)F)cc1Cl. The highest BCUT2D eigenvalue weighted by molar-refractivity contribution is 6.33. The maximum absolute atomic E-state index is 12.7. The normalized spacial score (nSPS) is 14.0. The zero-order chi connectivity index (χ0) is 16.8. The van der Waals surface area contributed by atoms with Gasteiger partial charge in [0.15, 0.2) is 5.82 Å². The number of nitro benzene ring substituents is 1. The Morgan fingerprint density at radius 2 is 2.04 bits per heavy atom. The van der Waals surface area contributed by atoms with Crippen molar-refractivity contribution in [3.63, 3.8) is 0 Å². The Labute approximate surface area is 133 Å². The number of rotatable bonds is 2. The summed E-state index contributed by atoms with van der Waals surface area (Å²) in [6.45, 7) is 0.439. The molecule has 0 saturated carbocycles. The fraction of sp³-hybridized carbons (Fsp3) is 0.214. The molecule has 0 unspecified atom stereocenters. The molecule has 1 aliphatic rings. The topological polar surface area (TPSA) is 59.3 Å². The minimum Gasteiger partial charge on any atom is -0.325 e. The summed E-state index contributed by atoms with van der Waals surface area (Å²) in [4.78, 5) is 15.8. The number of alkyl halides is 3. The number of anilines is 2. The summed E-state index contributed by atoms with van der Waals surface area (Å²) < 4.78 is 38.0. The molecule has 2 aromatic rings. The molecule has 1 aromatic carbocycles. The largest absolute Gasteiger partial charge is 0.417 e. The summed E-state index contributed by atoms with van der Waals surface area (Å²) in [6, 6.07) is 5.17. The van der Waals surface area contributed by atoms with E-state index in [9.17, 15) is 23.3 Å². The molecule has 9 heteroatoms. The van der Waals surface area contributed by atoms with Crippen molar-refractivity contribution in [2.45, 2.75) is 12.6 Å². The summed E-state index contributed by atoms with van der Waals surface area (Å²) in [5, 5.41) is 10.7. The van der Waals surface area contributed by atoms with Gasteiger partial charge in [-0.1, -0.05) is 11.6 Å². The second-order valence-corrected chi connectivity index (χ2v) is 5.41. The molecule has 1 aliphatic heterocycles. The van der Waals surface area contributed by atoms with Gasteiger partial charge in [-0.15, -0.1) is 0 Å². The molecule has 0 spiro atoms. The molecule has 5 nitrogen and oxygen atoms in total. The van der Waals surface area contributed by atoms with Crippen molar-refractivity contribution in [3.05, 3.63) is 56.7 Å². The number of fused-ring (bicyclic) bond motifs is 1. The van der Waals surface area contributed by atoms with Crippen LogP contribution in [0.3, 0.4) is 0 Å². The number of nitro groups is 1. The first-order chi connectivity index (χ1) is 10.8. The van der Waals surface area contributed by atoms with E-state index in [2.05, 4.69) is 4.98 Å². The molecule has 23 heavy (non-hydrogen) atoms. The molecule has 0 aliphatic carbocycles. The minimum absolute atomic E-state index is 0.0305. The summed E-state index contributed by atoms with van der Waals surface area (Å²) in [5.74, 6) is 0.201. The molecule has 0 bridgehead atoms. The lowest BCUT2D eigenvalue weighted by Crippen LogP contribution is -2.16. The van der Waals surface area contributed by atoms with E-state index in [1.807, 2.05) is 0 Å². The summed E-state index contributed by atoms with van der Waals surface area (Å²) >= 11 is 5.95. The molecule has 0 radical (unpaired) electrons. The van der Waals surface area contributed by atoms with E-state index in [-0.39, 0.29) is 16.5 Å². The van der Waals surface area contributed by atoms with Crippen LogP contribution in [-0.2, 0) is 12.6 Å². The van der Waals surface area contributed by atoms with Gasteiger partial charge in [-0.05, 0) is 24.1 Å². The first kappa shape index (κ1) is 15.5. The summed E-state index contributed by atoms with van der Waals surface area (Å²) in [6.07, 6.45) is -3.26. The summed E-state index contributed by atoms with van der Waals surface area (Å²) in [7, 11) is 0. The maximum Gasteiger partial charge on any atom is 0.417 e. The van der Waals surface area contributed by atoms with E-state index in [0.29, 0.717) is 18.7 Å².